The molecule has 0 fully saturated rings. The molecular weight excluding hydrogens is 320 g/mol. The van der Waals surface area contributed by atoms with Gasteiger partial charge >= 0.3 is 21.7 Å². The number of aliphatic carboxylic acids is 2. The smallest absolute Gasteiger partial charge is 0.547 e. The van der Waals surface area contributed by atoms with Crippen LogP contribution in [0.2, 0.25) is 0 Å². The minimum atomic E-state index is -1.44. The molecule has 126 valence electrons. The van der Waals surface area contributed by atoms with E-state index in [9.17, 15) is 19.8 Å². The van der Waals surface area contributed by atoms with E-state index in [0.29, 0.717) is 13.2 Å². The molecule has 2 unspecified atom stereocenters. The van der Waals surface area contributed by atoms with Crippen LogP contribution in [0.5, 0.6) is 0 Å². The van der Waals surface area contributed by atoms with Gasteiger partial charge in [-0.1, -0.05) is 13.8 Å². The Morgan fingerprint density at radius 3 is 0.952 bits per heavy atom. The topological polar surface area (TPSA) is 161 Å². The Morgan fingerprint density at radius 1 is 0.857 bits per heavy atom. The molecule has 21 heavy (non-hydrogen) atoms. The molecule has 0 bridgehead atoms. The molecule has 0 amide bonds. The standard InChI is InChI=1S/2C3H6O3.2C3H8O.Ti/c2*1-2(4)3(5)6;2*1-2-3-4;/h2*2,4H,1H3,(H,5,6);2*4H,2-3H2,1H3;/q;;;;+2/p-2. The Hall–Kier alpha value is -0.506. The van der Waals surface area contributed by atoms with Crippen molar-refractivity contribution in [3.05, 3.63) is 0 Å². The van der Waals surface area contributed by atoms with Gasteiger partial charge in [-0.15, -0.1) is 0 Å². The number of carbonyl (C=O) groups is 2. The van der Waals surface area contributed by atoms with Crippen molar-refractivity contribution < 1.29 is 61.9 Å². The summed E-state index contributed by atoms with van der Waals surface area (Å²) in [6.07, 6.45) is -0.935. The molecular formula is C12H26O8Ti. The SMILES string of the molecule is CC(O)C(=O)[O-].CC(O)C(=O)[O-].CCCO.CCCO.[Ti+2]. The number of carbonyl (C=O) groups excluding carboxylic acids is 2. The number of hydrogen-bond acceptors (Lipinski definition) is 8. The van der Waals surface area contributed by atoms with E-state index >= 15 is 0 Å². The second kappa shape index (κ2) is 27.8. The van der Waals surface area contributed by atoms with Crippen LogP contribution in [0.1, 0.15) is 40.5 Å². The summed E-state index contributed by atoms with van der Waals surface area (Å²) in [7, 11) is 0. The third kappa shape index (κ3) is 66.2. The summed E-state index contributed by atoms with van der Waals surface area (Å²) < 4.78 is 0. The molecule has 0 aliphatic carbocycles. The summed E-state index contributed by atoms with van der Waals surface area (Å²) in [5.41, 5.74) is 0. The number of carboxylic acid groups (broad SMARTS) is 2. The zero-order chi connectivity index (χ0) is 17.1. The van der Waals surface area contributed by atoms with Gasteiger partial charge in [0.05, 0.1) is 24.1 Å². The second-order valence-corrected chi connectivity index (χ2v) is 3.44. The molecule has 2 atom stereocenters. The number of carboxylic acids is 2. The number of aliphatic hydroxyl groups is 4. The molecule has 0 saturated carbocycles. The number of rotatable bonds is 4. The first-order valence-electron chi connectivity index (χ1n) is 6.11. The predicted octanol–water partition coefficient (Wildman–Crippen LogP) is -2.99. The van der Waals surface area contributed by atoms with Gasteiger partial charge in [0.2, 0.25) is 0 Å². The molecule has 0 aromatic rings. The monoisotopic (exact) mass is 346 g/mol. The average molecular weight is 346 g/mol. The van der Waals surface area contributed by atoms with Crippen LogP contribution >= 0.6 is 0 Å². The summed E-state index contributed by atoms with van der Waals surface area (Å²) in [5.74, 6) is -2.87. The van der Waals surface area contributed by atoms with Crippen LogP contribution in [0.4, 0.5) is 0 Å². The first-order chi connectivity index (χ1) is 9.11. The molecule has 4 N–H and O–H groups in total. The molecule has 8 nitrogen and oxygen atoms in total. The van der Waals surface area contributed by atoms with Crippen molar-refractivity contribution in [2.24, 2.45) is 0 Å². The van der Waals surface area contributed by atoms with Gasteiger partial charge in [-0.05, 0) is 26.7 Å². The van der Waals surface area contributed by atoms with Crippen molar-refractivity contribution in [2.45, 2.75) is 52.7 Å². The second-order valence-electron chi connectivity index (χ2n) is 3.44. The minimum absolute atomic E-state index is 0. The Morgan fingerprint density at radius 2 is 0.952 bits per heavy atom. The van der Waals surface area contributed by atoms with Gasteiger partial charge in [0, 0.05) is 13.2 Å². The van der Waals surface area contributed by atoms with E-state index < -0.39 is 24.1 Å². The van der Waals surface area contributed by atoms with Crippen LogP contribution in [0.15, 0.2) is 0 Å². The van der Waals surface area contributed by atoms with Crippen molar-refractivity contribution >= 4 is 11.9 Å². The number of aliphatic hydroxyl groups excluding tert-OH is 4. The first-order valence-corrected chi connectivity index (χ1v) is 6.11. The summed E-state index contributed by atoms with van der Waals surface area (Å²) in [6.45, 7) is 6.77. The first kappa shape index (κ1) is 32.4. The Kier molecular flexibility index (Phi) is 42.9. The summed E-state index contributed by atoms with van der Waals surface area (Å²) in [6, 6.07) is 0. The van der Waals surface area contributed by atoms with E-state index in [0.717, 1.165) is 26.7 Å². The van der Waals surface area contributed by atoms with Crippen LogP contribution in [0, 0.1) is 0 Å². The zero-order valence-electron chi connectivity index (χ0n) is 12.9. The van der Waals surface area contributed by atoms with Crippen molar-refractivity contribution in [3.63, 3.8) is 0 Å². The molecule has 0 aliphatic rings. The molecule has 0 heterocycles. The van der Waals surface area contributed by atoms with Crippen molar-refractivity contribution in [1.29, 1.82) is 0 Å². The Bertz CT molecular complexity index is 183. The number of hydrogen-bond donors (Lipinski definition) is 4. The van der Waals surface area contributed by atoms with Crippen LogP contribution in [0.25, 0.3) is 0 Å². The quantitative estimate of drug-likeness (QED) is 0.392. The van der Waals surface area contributed by atoms with Gasteiger partial charge in [0.15, 0.2) is 0 Å². The van der Waals surface area contributed by atoms with Crippen molar-refractivity contribution in [2.75, 3.05) is 13.2 Å². The van der Waals surface area contributed by atoms with Gasteiger partial charge in [0.1, 0.15) is 0 Å². The van der Waals surface area contributed by atoms with E-state index in [2.05, 4.69) is 0 Å². The molecule has 0 aromatic carbocycles. The van der Waals surface area contributed by atoms with Crippen LogP contribution < -0.4 is 10.2 Å². The van der Waals surface area contributed by atoms with Crippen LogP contribution in [0.3, 0.4) is 0 Å². The van der Waals surface area contributed by atoms with Gasteiger partial charge in [-0.2, -0.15) is 0 Å². The molecule has 0 radical (unpaired) electrons. The van der Waals surface area contributed by atoms with E-state index in [1.807, 2.05) is 13.8 Å². The van der Waals surface area contributed by atoms with Gasteiger partial charge in [-0.25, -0.2) is 0 Å². The van der Waals surface area contributed by atoms with Crippen molar-refractivity contribution in [1.82, 2.24) is 0 Å². The summed E-state index contributed by atoms with van der Waals surface area (Å²) in [4.78, 5) is 18.7. The predicted molar refractivity (Wildman–Crippen MR) is 68.1 cm³/mol. The third-order valence-electron chi connectivity index (χ3n) is 1.13. The normalized spacial score (nSPS) is 10.7. The Balaban J connectivity index is -0.0000000544. The third-order valence-corrected chi connectivity index (χ3v) is 1.13. The van der Waals surface area contributed by atoms with Gasteiger partial charge in [0.25, 0.3) is 0 Å². The molecule has 0 aromatic heterocycles. The van der Waals surface area contributed by atoms with E-state index in [1.54, 1.807) is 0 Å². The maximum Gasteiger partial charge on any atom is 2.00 e. The molecule has 0 saturated heterocycles. The maximum absolute atomic E-state index is 9.34. The van der Waals surface area contributed by atoms with E-state index in [1.165, 1.54) is 0 Å². The molecule has 0 spiro atoms. The fraction of sp³-hybridized carbons (Fsp3) is 0.833. The zero-order valence-corrected chi connectivity index (χ0v) is 14.5. The van der Waals surface area contributed by atoms with Crippen LogP contribution in [-0.2, 0) is 31.3 Å². The molecule has 0 aliphatic heterocycles. The van der Waals surface area contributed by atoms with Crippen molar-refractivity contribution in [3.8, 4) is 0 Å². The maximum atomic E-state index is 9.34. The fourth-order valence-electron chi connectivity index (χ4n) is 0. The average Bonchev–Trinajstić information content (AvgIpc) is 2.39. The van der Waals surface area contributed by atoms with E-state index in [-0.39, 0.29) is 21.7 Å². The summed E-state index contributed by atoms with van der Waals surface area (Å²) in [5, 5.41) is 50.4. The van der Waals surface area contributed by atoms with Crippen LogP contribution in [-0.4, -0.2) is 57.8 Å². The minimum Gasteiger partial charge on any atom is -0.547 e. The van der Waals surface area contributed by atoms with Gasteiger partial charge < -0.3 is 40.2 Å². The fourth-order valence-corrected chi connectivity index (χ4v) is 0. The van der Waals surface area contributed by atoms with E-state index in [4.69, 9.17) is 20.4 Å². The van der Waals surface area contributed by atoms with Gasteiger partial charge in [-0.3, -0.25) is 0 Å². The summed E-state index contributed by atoms with van der Waals surface area (Å²) >= 11 is 0. The molecule has 9 heteroatoms. The molecule has 0 rings (SSSR count). The largest absolute Gasteiger partial charge is 2.00 e. The Labute approximate surface area is 140 Å².